The third kappa shape index (κ3) is 5.09. The Kier molecular flexibility index (Phi) is 6.25. The van der Waals surface area contributed by atoms with E-state index in [9.17, 15) is 19.8 Å². The molecule has 0 heterocycles. The van der Waals surface area contributed by atoms with E-state index in [1.807, 2.05) is 0 Å². The minimum absolute atomic E-state index is 0.0326. The van der Waals surface area contributed by atoms with Gasteiger partial charge in [0.05, 0.1) is 5.92 Å². The van der Waals surface area contributed by atoms with Crippen LogP contribution in [0.3, 0.4) is 0 Å². The maximum atomic E-state index is 12.1. The van der Waals surface area contributed by atoms with E-state index in [1.54, 1.807) is 19.9 Å². The van der Waals surface area contributed by atoms with Gasteiger partial charge >= 0.3 is 11.9 Å². The van der Waals surface area contributed by atoms with Crippen molar-refractivity contribution in [2.24, 2.45) is 11.7 Å². The van der Waals surface area contributed by atoms with Gasteiger partial charge in [-0.3, -0.25) is 9.59 Å². The average molecular weight is 351 g/mol. The first-order valence-electron chi connectivity index (χ1n) is 8.45. The van der Waals surface area contributed by atoms with Gasteiger partial charge in [0.2, 0.25) is 0 Å². The second-order valence-corrected chi connectivity index (χ2v) is 6.55. The van der Waals surface area contributed by atoms with Crippen molar-refractivity contribution in [3.8, 4) is 11.5 Å². The SMILES string of the molecule is C[C@H](OC(=O)[C@@H](N)Cc1ccc(O)c(O)c1)[C@@H](C)OC(=O)C1CCC1. The predicted molar refractivity (Wildman–Crippen MR) is 89.9 cm³/mol. The fourth-order valence-electron chi connectivity index (χ4n) is 2.42. The van der Waals surface area contributed by atoms with Gasteiger partial charge in [-0.05, 0) is 50.8 Å². The molecule has 0 spiro atoms. The number of benzene rings is 1. The van der Waals surface area contributed by atoms with Crippen molar-refractivity contribution in [2.45, 2.75) is 57.8 Å². The maximum absolute atomic E-state index is 12.1. The summed E-state index contributed by atoms with van der Waals surface area (Å²) in [5.41, 5.74) is 6.43. The lowest BCUT2D eigenvalue weighted by Crippen LogP contribution is -2.40. The molecule has 1 aliphatic rings. The number of carbonyl (C=O) groups is 2. The minimum Gasteiger partial charge on any atom is -0.504 e. The first-order chi connectivity index (χ1) is 11.8. The summed E-state index contributed by atoms with van der Waals surface area (Å²) in [5, 5.41) is 18.8. The Morgan fingerprint density at radius 1 is 1.16 bits per heavy atom. The van der Waals surface area contributed by atoms with E-state index < -0.39 is 24.2 Å². The summed E-state index contributed by atoms with van der Waals surface area (Å²) >= 11 is 0. The Bertz CT molecular complexity index is 628. The molecule has 1 saturated carbocycles. The molecule has 0 aromatic heterocycles. The number of phenolic OH excluding ortho intramolecular Hbond substituents is 2. The number of rotatable bonds is 7. The van der Waals surface area contributed by atoms with E-state index in [0.717, 1.165) is 19.3 Å². The fraction of sp³-hybridized carbons (Fsp3) is 0.556. The van der Waals surface area contributed by atoms with Gasteiger partial charge in [-0.2, -0.15) is 0 Å². The number of hydrogen-bond acceptors (Lipinski definition) is 7. The van der Waals surface area contributed by atoms with Gasteiger partial charge in [0.25, 0.3) is 0 Å². The molecule has 1 aliphatic carbocycles. The summed E-state index contributed by atoms with van der Waals surface area (Å²) in [6.07, 6.45) is 1.72. The Morgan fingerprint density at radius 2 is 1.80 bits per heavy atom. The van der Waals surface area contributed by atoms with Crippen molar-refractivity contribution < 1.29 is 29.3 Å². The lowest BCUT2D eigenvalue weighted by molar-refractivity contribution is -0.170. The Labute approximate surface area is 146 Å². The van der Waals surface area contributed by atoms with Crippen molar-refractivity contribution in [1.82, 2.24) is 0 Å². The molecule has 0 bridgehead atoms. The van der Waals surface area contributed by atoms with Crippen molar-refractivity contribution >= 4 is 11.9 Å². The van der Waals surface area contributed by atoms with Crippen molar-refractivity contribution in [1.29, 1.82) is 0 Å². The van der Waals surface area contributed by atoms with Crippen LogP contribution >= 0.6 is 0 Å². The van der Waals surface area contributed by atoms with Crippen LogP contribution in [0.1, 0.15) is 38.7 Å². The number of nitrogens with two attached hydrogens (primary N) is 1. The number of hydrogen-bond donors (Lipinski definition) is 3. The molecule has 1 aromatic rings. The van der Waals surface area contributed by atoms with Crippen molar-refractivity contribution in [2.75, 3.05) is 0 Å². The van der Waals surface area contributed by atoms with Gasteiger partial charge in [0, 0.05) is 0 Å². The third-order valence-corrected chi connectivity index (χ3v) is 4.50. The molecule has 3 atom stereocenters. The normalized spacial score (nSPS) is 17.9. The van der Waals surface area contributed by atoms with Gasteiger partial charge in [-0.15, -0.1) is 0 Å². The lowest BCUT2D eigenvalue weighted by Gasteiger charge is -2.27. The molecule has 7 nitrogen and oxygen atoms in total. The smallest absolute Gasteiger partial charge is 0.323 e. The van der Waals surface area contributed by atoms with Crippen LogP contribution < -0.4 is 5.73 Å². The molecule has 4 N–H and O–H groups in total. The van der Waals surface area contributed by atoms with Crippen LogP contribution in [0, 0.1) is 5.92 Å². The van der Waals surface area contributed by atoms with Crippen LogP contribution in [-0.4, -0.2) is 40.4 Å². The molecule has 0 radical (unpaired) electrons. The number of esters is 2. The molecule has 0 amide bonds. The monoisotopic (exact) mass is 351 g/mol. The highest BCUT2D eigenvalue weighted by Crippen LogP contribution is 2.28. The molecule has 1 fully saturated rings. The molecule has 25 heavy (non-hydrogen) atoms. The second-order valence-electron chi connectivity index (χ2n) is 6.55. The van der Waals surface area contributed by atoms with E-state index in [-0.39, 0.29) is 29.8 Å². The summed E-state index contributed by atoms with van der Waals surface area (Å²) in [7, 11) is 0. The van der Waals surface area contributed by atoms with Gasteiger partial charge in [-0.25, -0.2) is 0 Å². The lowest BCUT2D eigenvalue weighted by atomic mass is 9.86. The van der Waals surface area contributed by atoms with E-state index >= 15 is 0 Å². The maximum Gasteiger partial charge on any atom is 0.323 e. The van der Waals surface area contributed by atoms with E-state index in [2.05, 4.69) is 0 Å². The second kappa shape index (κ2) is 8.20. The quantitative estimate of drug-likeness (QED) is 0.504. The summed E-state index contributed by atoms with van der Waals surface area (Å²) in [6.45, 7) is 3.33. The van der Waals surface area contributed by atoms with Crippen molar-refractivity contribution in [3.63, 3.8) is 0 Å². The van der Waals surface area contributed by atoms with Gasteiger partial charge in [0.15, 0.2) is 11.5 Å². The van der Waals surface area contributed by atoms with Crippen LogP contribution in [-0.2, 0) is 25.5 Å². The zero-order valence-corrected chi connectivity index (χ0v) is 14.5. The first-order valence-corrected chi connectivity index (χ1v) is 8.45. The molecule has 0 aliphatic heterocycles. The fourth-order valence-corrected chi connectivity index (χ4v) is 2.42. The van der Waals surface area contributed by atoms with Crippen LogP contribution in [0.2, 0.25) is 0 Å². The highest BCUT2D eigenvalue weighted by molar-refractivity contribution is 5.76. The highest BCUT2D eigenvalue weighted by Gasteiger charge is 2.30. The average Bonchev–Trinajstić information content (AvgIpc) is 2.48. The number of aromatic hydroxyl groups is 2. The molecule has 2 rings (SSSR count). The summed E-state index contributed by atoms with van der Waals surface area (Å²) in [4.78, 5) is 23.9. The van der Waals surface area contributed by atoms with Crippen LogP contribution in [0.15, 0.2) is 18.2 Å². The largest absolute Gasteiger partial charge is 0.504 e. The van der Waals surface area contributed by atoms with Crippen LogP contribution in [0.4, 0.5) is 0 Å². The Morgan fingerprint density at radius 3 is 2.36 bits per heavy atom. The van der Waals surface area contributed by atoms with Gasteiger partial charge < -0.3 is 25.4 Å². The van der Waals surface area contributed by atoms with Crippen LogP contribution in [0.25, 0.3) is 0 Å². The molecule has 0 unspecified atom stereocenters. The summed E-state index contributed by atoms with van der Waals surface area (Å²) in [5.74, 6) is -1.41. The van der Waals surface area contributed by atoms with E-state index in [1.165, 1.54) is 12.1 Å². The number of ether oxygens (including phenoxy) is 2. The molecule has 0 saturated heterocycles. The first kappa shape index (κ1) is 19.1. The predicted octanol–water partition coefficient (Wildman–Crippen LogP) is 1.63. The highest BCUT2D eigenvalue weighted by atomic mass is 16.6. The number of phenols is 2. The molecule has 7 heteroatoms. The van der Waals surface area contributed by atoms with Gasteiger partial charge in [-0.1, -0.05) is 12.5 Å². The Hall–Kier alpha value is -2.28. The minimum atomic E-state index is -0.930. The van der Waals surface area contributed by atoms with Crippen LogP contribution in [0.5, 0.6) is 11.5 Å². The third-order valence-electron chi connectivity index (χ3n) is 4.50. The molecular weight excluding hydrogens is 326 g/mol. The topological polar surface area (TPSA) is 119 Å². The zero-order chi connectivity index (χ0) is 18.6. The Balaban J connectivity index is 1.82. The summed E-state index contributed by atoms with van der Waals surface area (Å²) < 4.78 is 10.6. The molecule has 1 aromatic carbocycles. The van der Waals surface area contributed by atoms with E-state index in [4.69, 9.17) is 15.2 Å². The summed E-state index contributed by atoms with van der Waals surface area (Å²) in [6, 6.07) is 3.30. The number of carbonyl (C=O) groups excluding carboxylic acids is 2. The van der Waals surface area contributed by atoms with Crippen molar-refractivity contribution in [3.05, 3.63) is 23.8 Å². The van der Waals surface area contributed by atoms with E-state index in [0.29, 0.717) is 5.56 Å². The zero-order valence-electron chi connectivity index (χ0n) is 14.5. The molecule has 138 valence electrons. The standard InChI is InChI=1S/C18H25NO6/c1-10(24-17(22)13-4-3-5-13)11(2)25-18(23)14(19)8-12-6-7-15(20)16(21)9-12/h6-7,9-11,13-14,20-21H,3-5,8,19H2,1-2H3/t10-,11+,14+/m1/s1. The molecular formula is C18H25NO6. The van der Waals surface area contributed by atoms with Gasteiger partial charge in [0.1, 0.15) is 18.2 Å².